The van der Waals surface area contributed by atoms with Gasteiger partial charge in [-0.3, -0.25) is 0 Å². The van der Waals surface area contributed by atoms with Crippen LogP contribution < -0.4 is 14.8 Å². The molecule has 1 N–H and O–H groups in total. The largest absolute Gasteiger partial charge is 0.494 e. The number of benzene rings is 1. The fraction of sp³-hybridized carbons (Fsp3) is 0.571. The molecule has 1 aromatic carbocycles. The van der Waals surface area contributed by atoms with Crippen molar-refractivity contribution in [1.82, 2.24) is 0 Å². The smallest absolute Gasteiger partial charge is 0.146 e. The minimum absolute atomic E-state index is 0.846. The number of ether oxygens (including phenoxy) is 2. The first-order valence-corrected chi connectivity index (χ1v) is 6.19. The molecule has 0 aliphatic carbocycles. The van der Waals surface area contributed by atoms with Crippen LogP contribution in [0.3, 0.4) is 0 Å². The Bertz CT molecular complexity index is 325. The zero-order valence-electron chi connectivity index (χ0n) is 11.3. The summed E-state index contributed by atoms with van der Waals surface area (Å²) in [6, 6.07) is 4.04. The molecule has 0 saturated carbocycles. The number of aryl methyl sites for hydroxylation is 1. The van der Waals surface area contributed by atoms with Gasteiger partial charge in [-0.1, -0.05) is 19.8 Å². The summed E-state index contributed by atoms with van der Waals surface area (Å²) in [6.07, 6.45) is 3.63. The zero-order chi connectivity index (χ0) is 12.7. The standard InChI is InChI=1S/C14H23NO2/c1-5-6-7-8-15-14-12(16-3)9-11(2)10-13(14)17-4/h9-10,15H,5-8H2,1-4H3. The Morgan fingerprint density at radius 1 is 1.06 bits per heavy atom. The van der Waals surface area contributed by atoms with Crippen molar-refractivity contribution in [3.8, 4) is 11.5 Å². The molecule has 0 bridgehead atoms. The van der Waals surface area contributed by atoms with Crippen molar-refractivity contribution < 1.29 is 9.47 Å². The minimum Gasteiger partial charge on any atom is -0.494 e. The number of hydrogen-bond acceptors (Lipinski definition) is 3. The van der Waals surface area contributed by atoms with Crippen LogP contribution in [0.15, 0.2) is 12.1 Å². The molecule has 0 aromatic heterocycles. The molecule has 3 heteroatoms. The molecule has 0 saturated heterocycles. The fourth-order valence-electron chi connectivity index (χ4n) is 1.81. The van der Waals surface area contributed by atoms with E-state index in [-0.39, 0.29) is 0 Å². The molecule has 0 aliphatic heterocycles. The van der Waals surface area contributed by atoms with Crippen LogP contribution in [-0.2, 0) is 0 Å². The highest BCUT2D eigenvalue weighted by Gasteiger charge is 2.10. The van der Waals surface area contributed by atoms with Gasteiger partial charge in [-0.05, 0) is 31.0 Å². The van der Waals surface area contributed by atoms with Crippen molar-refractivity contribution >= 4 is 5.69 Å². The Morgan fingerprint density at radius 2 is 1.65 bits per heavy atom. The monoisotopic (exact) mass is 237 g/mol. The van der Waals surface area contributed by atoms with E-state index in [0.29, 0.717) is 0 Å². The number of rotatable bonds is 7. The van der Waals surface area contributed by atoms with Gasteiger partial charge in [0, 0.05) is 6.54 Å². The lowest BCUT2D eigenvalue weighted by Gasteiger charge is -2.15. The van der Waals surface area contributed by atoms with E-state index in [1.54, 1.807) is 14.2 Å². The molecular weight excluding hydrogens is 214 g/mol. The Morgan fingerprint density at radius 3 is 2.12 bits per heavy atom. The first kappa shape index (κ1) is 13.7. The lowest BCUT2D eigenvalue weighted by Crippen LogP contribution is -2.05. The molecule has 96 valence electrons. The van der Waals surface area contributed by atoms with E-state index in [1.165, 1.54) is 12.8 Å². The van der Waals surface area contributed by atoms with Crippen molar-refractivity contribution in [3.05, 3.63) is 17.7 Å². The predicted molar refractivity (Wildman–Crippen MR) is 72.3 cm³/mol. The summed E-state index contributed by atoms with van der Waals surface area (Å²) in [5.74, 6) is 1.69. The third-order valence-corrected chi connectivity index (χ3v) is 2.73. The Labute approximate surface area is 104 Å². The first-order valence-electron chi connectivity index (χ1n) is 6.19. The van der Waals surface area contributed by atoms with Gasteiger partial charge in [0.1, 0.15) is 17.2 Å². The van der Waals surface area contributed by atoms with E-state index in [0.717, 1.165) is 35.7 Å². The maximum absolute atomic E-state index is 5.38. The summed E-state index contributed by atoms with van der Waals surface area (Å²) < 4.78 is 10.8. The molecule has 0 fully saturated rings. The van der Waals surface area contributed by atoms with Crippen LogP contribution in [0.5, 0.6) is 11.5 Å². The zero-order valence-corrected chi connectivity index (χ0v) is 11.3. The second kappa shape index (κ2) is 7.05. The van der Waals surface area contributed by atoms with Gasteiger partial charge in [0.05, 0.1) is 14.2 Å². The number of hydrogen-bond donors (Lipinski definition) is 1. The SMILES string of the molecule is CCCCCNc1c(OC)cc(C)cc1OC. The van der Waals surface area contributed by atoms with Crippen LogP contribution in [0.25, 0.3) is 0 Å². The molecule has 0 radical (unpaired) electrons. The summed E-state index contributed by atoms with van der Waals surface area (Å²) >= 11 is 0. The van der Waals surface area contributed by atoms with E-state index in [4.69, 9.17) is 9.47 Å². The van der Waals surface area contributed by atoms with Crippen molar-refractivity contribution in [1.29, 1.82) is 0 Å². The molecule has 0 unspecified atom stereocenters. The third kappa shape index (κ3) is 3.84. The van der Waals surface area contributed by atoms with E-state index < -0.39 is 0 Å². The van der Waals surface area contributed by atoms with Crippen molar-refractivity contribution in [2.75, 3.05) is 26.1 Å². The quantitative estimate of drug-likeness (QED) is 0.735. The Hall–Kier alpha value is -1.38. The number of unbranched alkanes of at least 4 members (excludes halogenated alkanes) is 2. The Balaban J connectivity index is 2.79. The maximum atomic E-state index is 5.38. The fourth-order valence-corrected chi connectivity index (χ4v) is 1.81. The van der Waals surface area contributed by atoms with Gasteiger partial charge in [0.25, 0.3) is 0 Å². The number of anilines is 1. The van der Waals surface area contributed by atoms with Crippen LogP contribution >= 0.6 is 0 Å². The van der Waals surface area contributed by atoms with Crippen LogP contribution in [0.4, 0.5) is 5.69 Å². The molecular formula is C14H23NO2. The van der Waals surface area contributed by atoms with Crippen molar-refractivity contribution in [2.24, 2.45) is 0 Å². The summed E-state index contributed by atoms with van der Waals surface area (Å²) in [7, 11) is 3.37. The number of nitrogens with one attached hydrogen (secondary N) is 1. The van der Waals surface area contributed by atoms with Gasteiger partial charge >= 0.3 is 0 Å². The van der Waals surface area contributed by atoms with Crippen LogP contribution in [-0.4, -0.2) is 20.8 Å². The summed E-state index contributed by atoms with van der Waals surface area (Å²) in [4.78, 5) is 0. The molecule has 0 atom stereocenters. The van der Waals surface area contributed by atoms with Gasteiger partial charge < -0.3 is 14.8 Å². The van der Waals surface area contributed by atoms with Crippen LogP contribution in [0.1, 0.15) is 31.7 Å². The number of methoxy groups -OCH3 is 2. The first-order chi connectivity index (χ1) is 8.22. The van der Waals surface area contributed by atoms with Gasteiger partial charge in [0.15, 0.2) is 0 Å². The average Bonchev–Trinajstić information content (AvgIpc) is 2.35. The maximum Gasteiger partial charge on any atom is 0.146 e. The minimum atomic E-state index is 0.846. The molecule has 0 amide bonds. The van der Waals surface area contributed by atoms with Crippen molar-refractivity contribution in [2.45, 2.75) is 33.1 Å². The molecule has 0 heterocycles. The summed E-state index contributed by atoms with van der Waals surface area (Å²) in [5.41, 5.74) is 2.09. The van der Waals surface area contributed by atoms with Crippen LogP contribution in [0.2, 0.25) is 0 Å². The molecule has 17 heavy (non-hydrogen) atoms. The normalized spacial score (nSPS) is 10.1. The Kier molecular flexibility index (Phi) is 5.67. The molecule has 1 aromatic rings. The second-order valence-corrected chi connectivity index (χ2v) is 4.18. The molecule has 0 aliphatic rings. The lowest BCUT2D eigenvalue weighted by atomic mass is 10.1. The highest BCUT2D eigenvalue weighted by atomic mass is 16.5. The molecule has 0 spiro atoms. The topological polar surface area (TPSA) is 30.5 Å². The van der Waals surface area contributed by atoms with Crippen LogP contribution in [0, 0.1) is 6.92 Å². The highest BCUT2D eigenvalue weighted by Crippen LogP contribution is 2.35. The van der Waals surface area contributed by atoms with Crippen molar-refractivity contribution in [3.63, 3.8) is 0 Å². The summed E-state index contributed by atoms with van der Waals surface area (Å²) in [5, 5.41) is 3.40. The van der Waals surface area contributed by atoms with Gasteiger partial charge in [0.2, 0.25) is 0 Å². The van der Waals surface area contributed by atoms with E-state index in [9.17, 15) is 0 Å². The molecule has 1 rings (SSSR count). The predicted octanol–water partition coefficient (Wildman–Crippen LogP) is 3.61. The van der Waals surface area contributed by atoms with Gasteiger partial charge in [-0.2, -0.15) is 0 Å². The third-order valence-electron chi connectivity index (χ3n) is 2.73. The average molecular weight is 237 g/mol. The summed E-state index contributed by atoms with van der Waals surface area (Å²) in [6.45, 7) is 5.18. The molecule has 3 nitrogen and oxygen atoms in total. The van der Waals surface area contributed by atoms with E-state index in [1.807, 2.05) is 19.1 Å². The van der Waals surface area contributed by atoms with Gasteiger partial charge in [-0.25, -0.2) is 0 Å². The van der Waals surface area contributed by atoms with E-state index >= 15 is 0 Å². The van der Waals surface area contributed by atoms with E-state index in [2.05, 4.69) is 12.2 Å². The second-order valence-electron chi connectivity index (χ2n) is 4.18. The van der Waals surface area contributed by atoms with Gasteiger partial charge in [-0.15, -0.1) is 0 Å². The lowest BCUT2D eigenvalue weighted by molar-refractivity contribution is 0.397. The highest BCUT2D eigenvalue weighted by molar-refractivity contribution is 5.67.